The molecule has 2 aromatic carbocycles. The SMILES string of the molecule is C=CC(=O)N1CC(C)N2c3nc(=O)n(-c4c(C)ccnc4C(C)C)c4c(Cl)c(-c5c(O)ccc(F)c5F)c(F)c(c34)S(=O)(=O)CC2C1. The monoisotopic (exact) mass is 687 g/mol. The summed E-state index contributed by atoms with van der Waals surface area (Å²) < 4.78 is 76.7. The highest BCUT2D eigenvalue weighted by Crippen LogP contribution is 2.49. The zero-order valence-corrected chi connectivity index (χ0v) is 27.3. The first-order valence-corrected chi connectivity index (χ1v) is 16.7. The molecule has 0 radical (unpaired) electrons. The summed E-state index contributed by atoms with van der Waals surface area (Å²) in [6.07, 6.45) is 2.62. The summed E-state index contributed by atoms with van der Waals surface area (Å²) in [4.78, 5) is 37.6. The number of phenols is 1. The molecule has 4 heterocycles. The summed E-state index contributed by atoms with van der Waals surface area (Å²) in [5, 5.41) is 9.67. The van der Waals surface area contributed by atoms with Crippen LogP contribution in [0.3, 0.4) is 0 Å². The summed E-state index contributed by atoms with van der Waals surface area (Å²) in [6, 6.07) is 1.38. The number of hydrogen-bond acceptors (Lipinski definition) is 8. The second-order valence-electron chi connectivity index (χ2n) is 12.0. The van der Waals surface area contributed by atoms with Gasteiger partial charge in [0, 0.05) is 30.9 Å². The van der Waals surface area contributed by atoms with Crippen molar-refractivity contribution in [1.82, 2.24) is 19.4 Å². The first-order chi connectivity index (χ1) is 22.1. The molecule has 2 aliphatic heterocycles. The van der Waals surface area contributed by atoms with Crippen LogP contribution in [0.1, 0.15) is 37.9 Å². The number of aromatic nitrogens is 3. The van der Waals surface area contributed by atoms with E-state index in [1.807, 2.05) is 13.8 Å². The summed E-state index contributed by atoms with van der Waals surface area (Å²) in [7, 11) is -4.70. The van der Waals surface area contributed by atoms with Crippen molar-refractivity contribution in [1.29, 1.82) is 0 Å². The van der Waals surface area contributed by atoms with Crippen LogP contribution < -0.4 is 10.6 Å². The lowest BCUT2D eigenvalue weighted by atomic mass is 9.98. The van der Waals surface area contributed by atoms with Gasteiger partial charge in [0.25, 0.3) is 0 Å². The number of rotatable bonds is 4. The molecule has 10 nitrogen and oxygen atoms in total. The molecule has 0 spiro atoms. The van der Waals surface area contributed by atoms with Gasteiger partial charge in [-0.1, -0.05) is 32.0 Å². The molecule has 1 fully saturated rings. The van der Waals surface area contributed by atoms with Crippen LogP contribution >= 0.6 is 11.6 Å². The third-order valence-electron chi connectivity index (χ3n) is 8.64. The topological polar surface area (TPSA) is 126 Å². The number of amides is 1. The van der Waals surface area contributed by atoms with Crippen molar-refractivity contribution in [3.8, 4) is 22.6 Å². The lowest BCUT2D eigenvalue weighted by molar-refractivity contribution is -0.127. The van der Waals surface area contributed by atoms with Crippen molar-refractivity contribution >= 4 is 44.1 Å². The number of anilines is 1. The fourth-order valence-electron chi connectivity index (χ4n) is 6.68. The summed E-state index contributed by atoms with van der Waals surface area (Å²) >= 11 is 6.93. The zero-order chi connectivity index (χ0) is 34.3. The molecule has 2 unspecified atom stereocenters. The maximum absolute atomic E-state index is 17.0. The lowest BCUT2D eigenvalue weighted by Gasteiger charge is -2.45. The lowest BCUT2D eigenvalue weighted by Crippen LogP contribution is -2.61. The molecule has 0 bridgehead atoms. The van der Waals surface area contributed by atoms with Crippen LogP contribution in [0.5, 0.6) is 5.75 Å². The molecule has 1 saturated heterocycles. The van der Waals surface area contributed by atoms with Gasteiger partial charge in [-0.2, -0.15) is 4.98 Å². The highest BCUT2D eigenvalue weighted by atomic mass is 35.5. The molecular formula is C32H29ClF3N5O5S. The summed E-state index contributed by atoms with van der Waals surface area (Å²) in [5.74, 6) is -7.31. The van der Waals surface area contributed by atoms with Gasteiger partial charge in [-0.15, -0.1) is 0 Å². The van der Waals surface area contributed by atoms with Crippen molar-refractivity contribution in [3.05, 3.63) is 81.3 Å². The minimum absolute atomic E-state index is 0.0961. The summed E-state index contributed by atoms with van der Waals surface area (Å²) in [5.41, 5.74) is -2.18. The predicted octanol–water partition coefficient (Wildman–Crippen LogP) is 5.03. The number of hydrogen-bond donors (Lipinski definition) is 1. The fraction of sp³-hybridized carbons (Fsp3) is 0.312. The molecule has 15 heteroatoms. The molecule has 1 amide bonds. The second kappa shape index (κ2) is 11.4. The average molecular weight is 688 g/mol. The van der Waals surface area contributed by atoms with Gasteiger partial charge in [0.2, 0.25) is 5.91 Å². The van der Waals surface area contributed by atoms with Crippen LogP contribution in [0.4, 0.5) is 19.0 Å². The molecule has 2 atom stereocenters. The van der Waals surface area contributed by atoms with Crippen molar-refractivity contribution in [2.75, 3.05) is 23.7 Å². The molecule has 47 heavy (non-hydrogen) atoms. The van der Waals surface area contributed by atoms with E-state index in [-0.39, 0.29) is 41.4 Å². The minimum Gasteiger partial charge on any atom is -0.507 e. The Hall–Kier alpha value is -4.43. The number of aryl methyl sites for hydroxylation is 1. The Kier molecular flexibility index (Phi) is 7.87. The average Bonchev–Trinajstić information content (AvgIpc) is 3.09. The fourth-order valence-corrected chi connectivity index (χ4v) is 8.85. The van der Waals surface area contributed by atoms with E-state index in [0.717, 1.165) is 16.7 Å². The van der Waals surface area contributed by atoms with Gasteiger partial charge in [0.15, 0.2) is 27.3 Å². The number of fused-ring (bicyclic) bond motifs is 2. The molecule has 2 aliphatic rings. The predicted molar refractivity (Wildman–Crippen MR) is 171 cm³/mol. The minimum atomic E-state index is -4.70. The quantitative estimate of drug-likeness (QED) is 0.296. The number of carbonyl (C=O) groups excluding carboxylic acids is 1. The van der Waals surface area contributed by atoms with Gasteiger partial charge in [0.05, 0.1) is 44.7 Å². The third-order valence-corrected chi connectivity index (χ3v) is 10.8. The van der Waals surface area contributed by atoms with Crippen LogP contribution in [0.2, 0.25) is 5.02 Å². The van der Waals surface area contributed by atoms with Crippen LogP contribution in [-0.2, 0) is 14.6 Å². The number of nitrogens with zero attached hydrogens (tertiary/aromatic N) is 5. The van der Waals surface area contributed by atoms with Crippen molar-refractivity contribution in [2.45, 2.75) is 50.6 Å². The van der Waals surface area contributed by atoms with Gasteiger partial charge in [-0.05, 0) is 49.6 Å². The van der Waals surface area contributed by atoms with E-state index in [1.165, 1.54) is 11.1 Å². The van der Waals surface area contributed by atoms with Gasteiger partial charge in [0.1, 0.15) is 16.5 Å². The van der Waals surface area contributed by atoms with Gasteiger partial charge >= 0.3 is 5.69 Å². The molecule has 1 N–H and O–H groups in total. The smallest absolute Gasteiger partial charge is 0.354 e. The van der Waals surface area contributed by atoms with E-state index >= 15 is 8.78 Å². The molecule has 6 rings (SSSR count). The second-order valence-corrected chi connectivity index (χ2v) is 14.4. The number of aromatic hydroxyl groups is 1. The van der Waals surface area contributed by atoms with Crippen LogP contribution in [0.25, 0.3) is 27.7 Å². The Balaban J connectivity index is 1.86. The number of sulfone groups is 1. The number of benzene rings is 2. The van der Waals surface area contributed by atoms with E-state index in [2.05, 4.69) is 16.5 Å². The number of carbonyl (C=O) groups is 1. The highest BCUT2D eigenvalue weighted by Gasteiger charge is 2.45. The first-order valence-electron chi connectivity index (χ1n) is 14.6. The van der Waals surface area contributed by atoms with E-state index in [1.54, 1.807) is 24.8 Å². The Morgan fingerprint density at radius 3 is 2.51 bits per heavy atom. The molecule has 246 valence electrons. The maximum atomic E-state index is 17.0. The maximum Gasteiger partial charge on any atom is 0.354 e. The largest absolute Gasteiger partial charge is 0.507 e. The van der Waals surface area contributed by atoms with Gasteiger partial charge < -0.3 is 14.9 Å². The van der Waals surface area contributed by atoms with Crippen molar-refractivity contribution < 1.29 is 31.5 Å². The Morgan fingerprint density at radius 1 is 1.15 bits per heavy atom. The van der Waals surface area contributed by atoms with E-state index < -0.39 is 83.5 Å². The summed E-state index contributed by atoms with van der Waals surface area (Å²) in [6.45, 7) is 10.5. The third kappa shape index (κ3) is 4.87. The Bertz CT molecular complexity index is 2210. The van der Waals surface area contributed by atoms with Crippen LogP contribution in [-0.4, -0.2) is 69.8 Å². The van der Waals surface area contributed by atoms with Crippen molar-refractivity contribution in [3.63, 3.8) is 0 Å². The highest BCUT2D eigenvalue weighted by molar-refractivity contribution is 7.91. The van der Waals surface area contributed by atoms with E-state index in [4.69, 9.17) is 11.6 Å². The first kappa shape index (κ1) is 32.5. The standard InChI is InChI=1S/C32H29ClF3N5O5S/c1-6-20(43)39-11-16(5)40-17(12-39)13-47(45,46)30-23-29(24(33)22(26(30)36)21-19(42)8-7-18(34)25(21)35)41(32(44)38-31(23)40)28-15(4)9-10-37-27(28)14(2)3/h6-10,14,16-17,42H,1,11-13H2,2-5H3. The Labute approximate surface area is 272 Å². The molecule has 0 saturated carbocycles. The Morgan fingerprint density at radius 2 is 1.85 bits per heavy atom. The molecule has 4 aromatic rings. The number of halogens is 4. The normalized spacial score (nSPS) is 18.7. The molecule has 0 aliphatic carbocycles. The zero-order valence-electron chi connectivity index (χ0n) is 25.7. The number of piperazine rings is 1. The number of pyridine rings is 1. The van der Waals surface area contributed by atoms with Gasteiger partial charge in [-0.25, -0.2) is 26.4 Å². The van der Waals surface area contributed by atoms with E-state index in [0.29, 0.717) is 17.3 Å². The molecule has 2 aromatic heterocycles. The van der Waals surface area contributed by atoms with Crippen LogP contribution in [0.15, 0.2) is 46.7 Å². The van der Waals surface area contributed by atoms with Crippen LogP contribution in [0, 0.1) is 24.4 Å². The van der Waals surface area contributed by atoms with Gasteiger partial charge in [-0.3, -0.25) is 14.3 Å². The number of phenolic OH excluding ortho intramolecular Hbond substituents is 1. The van der Waals surface area contributed by atoms with E-state index in [9.17, 15) is 27.5 Å². The molecular weight excluding hydrogens is 659 g/mol. The van der Waals surface area contributed by atoms with Crippen molar-refractivity contribution in [2.24, 2.45) is 0 Å².